The molecule has 1 aromatic carbocycles. The fourth-order valence-corrected chi connectivity index (χ4v) is 4.42. The molecule has 1 aliphatic carbocycles. The van der Waals surface area contributed by atoms with Crippen LogP contribution in [-0.2, 0) is 17.6 Å². The van der Waals surface area contributed by atoms with Gasteiger partial charge in [-0.3, -0.25) is 9.59 Å². The van der Waals surface area contributed by atoms with Gasteiger partial charge in [0, 0.05) is 16.5 Å². The lowest BCUT2D eigenvalue weighted by atomic mass is 9.95. The number of halogens is 2. The van der Waals surface area contributed by atoms with Crippen molar-refractivity contribution in [3.05, 3.63) is 56.7 Å². The van der Waals surface area contributed by atoms with Crippen LogP contribution >= 0.6 is 22.9 Å². The summed E-state index contributed by atoms with van der Waals surface area (Å²) in [6.45, 7) is 0. The third kappa shape index (κ3) is 3.75. The number of anilines is 1. The number of fused-ring (bicyclic) bond motifs is 1. The Kier molecular flexibility index (Phi) is 5.20. The number of hydrogen-bond acceptors (Lipinski definition) is 3. The van der Waals surface area contributed by atoms with Crippen LogP contribution in [-0.4, -0.2) is 11.8 Å². The summed E-state index contributed by atoms with van der Waals surface area (Å²) in [7, 11) is 0. The first-order valence-corrected chi connectivity index (χ1v) is 9.04. The molecule has 3 rings (SSSR count). The van der Waals surface area contributed by atoms with Gasteiger partial charge in [-0.05, 0) is 49.5 Å². The summed E-state index contributed by atoms with van der Waals surface area (Å²) >= 11 is 7.31. The number of carbonyl (C=O) groups is 2. The van der Waals surface area contributed by atoms with Gasteiger partial charge < -0.3 is 11.1 Å². The lowest BCUT2D eigenvalue weighted by molar-refractivity contribution is -0.111. The second-order valence-corrected chi connectivity index (χ2v) is 7.25. The molecule has 7 heteroatoms. The van der Waals surface area contributed by atoms with E-state index in [9.17, 15) is 14.0 Å². The highest BCUT2D eigenvalue weighted by Gasteiger charge is 2.24. The molecule has 0 spiro atoms. The van der Waals surface area contributed by atoms with Crippen molar-refractivity contribution < 1.29 is 14.0 Å². The van der Waals surface area contributed by atoms with Gasteiger partial charge in [-0.1, -0.05) is 17.7 Å². The molecule has 0 radical (unpaired) electrons. The molecule has 0 atom stereocenters. The minimum Gasteiger partial charge on any atom is -0.365 e. The molecule has 2 amide bonds. The average molecular weight is 379 g/mol. The van der Waals surface area contributed by atoms with Crippen molar-refractivity contribution in [1.29, 1.82) is 0 Å². The molecule has 0 saturated heterocycles. The van der Waals surface area contributed by atoms with Crippen molar-refractivity contribution >= 4 is 45.8 Å². The molecular weight excluding hydrogens is 363 g/mol. The first kappa shape index (κ1) is 17.6. The molecule has 0 unspecified atom stereocenters. The molecule has 0 bridgehead atoms. The number of thiophene rings is 1. The molecule has 25 heavy (non-hydrogen) atoms. The van der Waals surface area contributed by atoms with Crippen LogP contribution in [0.5, 0.6) is 0 Å². The fraction of sp³-hybridized carbons (Fsp3) is 0.222. The molecular formula is C18H16ClFN2O2S. The van der Waals surface area contributed by atoms with Gasteiger partial charge in [0.15, 0.2) is 0 Å². The minimum absolute atomic E-state index is 0.139. The van der Waals surface area contributed by atoms with Crippen molar-refractivity contribution in [2.45, 2.75) is 25.7 Å². The molecule has 4 nitrogen and oxygen atoms in total. The topological polar surface area (TPSA) is 72.2 Å². The zero-order valence-electron chi connectivity index (χ0n) is 13.3. The minimum atomic E-state index is -0.546. The van der Waals surface area contributed by atoms with Gasteiger partial charge >= 0.3 is 0 Å². The van der Waals surface area contributed by atoms with E-state index in [4.69, 9.17) is 17.3 Å². The molecule has 1 aromatic heterocycles. The van der Waals surface area contributed by atoms with Gasteiger partial charge in [-0.15, -0.1) is 11.3 Å². The summed E-state index contributed by atoms with van der Waals surface area (Å²) in [4.78, 5) is 25.1. The van der Waals surface area contributed by atoms with E-state index in [0.29, 0.717) is 10.6 Å². The smallest absolute Gasteiger partial charge is 0.251 e. The zero-order valence-corrected chi connectivity index (χ0v) is 14.8. The second kappa shape index (κ2) is 7.37. The van der Waals surface area contributed by atoms with E-state index in [1.165, 1.54) is 35.6 Å². The zero-order chi connectivity index (χ0) is 18.0. The Labute approximate surface area is 153 Å². The van der Waals surface area contributed by atoms with Crippen molar-refractivity contribution in [2.24, 2.45) is 5.73 Å². The Balaban J connectivity index is 1.83. The van der Waals surface area contributed by atoms with Gasteiger partial charge in [-0.2, -0.15) is 0 Å². The van der Waals surface area contributed by atoms with Crippen molar-refractivity contribution in [2.75, 3.05) is 5.32 Å². The normalized spacial score (nSPS) is 13.7. The maximum absolute atomic E-state index is 13.7. The van der Waals surface area contributed by atoms with Crippen LogP contribution in [0, 0.1) is 5.82 Å². The molecule has 0 aliphatic heterocycles. The summed E-state index contributed by atoms with van der Waals surface area (Å²) in [6.07, 6.45) is 6.24. The molecule has 1 heterocycles. The van der Waals surface area contributed by atoms with Gasteiger partial charge in [0.1, 0.15) is 10.8 Å². The van der Waals surface area contributed by atoms with Crippen LogP contribution < -0.4 is 11.1 Å². The summed E-state index contributed by atoms with van der Waals surface area (Å²) in [5.74, 6) is -1.53. The maximum atomic E-state index is 13.7. The average Bonchev–Trinajstić information content (AvgIpc) is 2.92. The fourth-order valence-electron chi connectivity index (χ4n) is 2.90. The van der Waals surface area contributed by atoms with E-state index >= 15 is 0 Å². The predicted molar refractivity (Wildman–Crippen MR) is 98.6 cm³/mol. The van der Waals surface area contributed by atoms with Crippen molar-refractivity contribution in [3.63, 3.8) is 0 Å². The Morgan fingerprint density at radius 1 is 1.28 bits per heavy atom. The molecule has 130 valence electrons. The van der Waals surface area contributed by atoms with Crippen LogP contribution in [0.3, 0.4) is 0 Å². The van der Waals surface area contributed by atoms with Gasteiger partial charge in [0.25, 0.3) is 5.91 Å². The van der Waals surface area contributed by atoms with Crippen LogP contribution in [0.4, 0.5) is 9.39 Å². The number of aryl methyl sites for hydroxylation is 1. The van der Waals surface area contributed by atoms with Crippen LogP contribution in [0.2, 0.25) is 5.02 Å². The van der Waals surface area contributed by atoms with Gasteiger partial charge in [-0.25, -0.2) is 4.39 Å². The monoisotopic (exact) mass is 378 g/mol. The number of hydrogen-bond donors (Lipinski definition) is 2. The highest BCUT2D eigenvalue weighted by atomic mass is 35.5. The van der Waals surface area contributed by atoms with Crippen LogP contribution in [0.1, 0.15) is 39.2 Å². The standard InChI is InChI=1S/C18H16ClFN2O2S/c19-12-5-3-6-13(20)10(12)8-9-15(23)22-18-16(17(21)24)11-4-1-2-7-14(11)25-18/h3,5-6,8-9H,1-2,4,7H2,(H2,21,24)(H,22,23)/b9-8+. The predicted octanol–water partition coefficient (Wildman–Crippen LogP) is 4.17. The Morgan fingerprint density at radius 3 is 2.76 bits per heavy atom. The molecule has 0 fully saturated rings. The third-order valence-corrected chi connectivity index (χ3v) is 5.59. The lowest BCUT2D eigenvalue weighted by Gasteiger charge is -2.11. The first-order chi connectivity index (χ1) is 12.0. The van der Waals surface area contributed by atoms with E-state index in [1.807, 2.05) is 0 Å². The number of benzene rings is 1. The molecule has 1 aliphatic rings. The Morgan fingerprint density at radius 2 is 2.04 bits per heavy atom. The second-order valence-electron chi connectivity index (χ2n) is 5.74. The van der Waals surface area contributed by atoms with Gasteiger partial charge in [0.2, 0.25) is 5.91 Å². The highest BCUT2D eigenvalue weighted by molar-refractivity contribution is 7.17. The molecule has 3 N–H and O–H groups in total. The third-order valence-electron chi connectivity index (χ3n) is 4.06. The van der Waals surface area contributed by atoms with E-state index in [0.717, 1.165) is 36.1 Å². The maximum Gasteiger partial charge on any atom is 0.251 e. The number of nitrogens with one attached hydrogen (secondary N) is 1. The van der Waals surface area contributed by atoms with E-state index in [2.05, 4.69) is 5.32 Å². The summed E-state index contributed by atoms with van der Waals surface area (Å²) in [5, 5.41) is 3.35. The van der Waals surface area contributed by atoms with E-state index in [1.54, 1.807) is 6.07 Å². The van der Waals surface area contributed by atoms with Crippen molar-refractivity contribution in [1.82, 2.24) is 0 Å². The number of amides is 2. The largest absolute Gasteiger partial charge is 0.365 e. The number of rotatable bonds is 4. The summed E-state index contributed by atoms with van der Waals surface area (Å²) in [6, 6.07) is 4.30. The molecule has 0 saturated carbocycles. The van der Waals surface area contributed by atoms with Crippen LogP contribution in [0.15, 0.2) is 24.3 Å². The summed E-state index contributed by atoms with van der Waals surface area (Å²) in [5.41, 5.74) is 6.97. The molecule has 2 aromatic rings. The highest BCUT2D eigenvalue weighted by Crippen LogP contribution is 2.37. The number of carbonyl (C=O) groups excluding carboxylic acids is 2. The summed E-state index contributed by atoms with van der Waals surface area (Å²) < 4.78 is 13.7. The lowest BCUT2D eigenvalue weighted by Crippen LogP contribution is -2.17. The van der Waals surface area contributed by atoms with Gasteiger partial charge in [0.05, 0.1) is 10.6 Å². The first-order valence-electron chi connectivity index (χ1n) is 7.84. The SMILES string of the molecule is NC(=O)c1c(NC(=O)/C=C/c2c(F)cccc2Cl)sc2c1CCCC2. The number of primary amides is 1. The van der Waals surface area contributed by atoms with E-state index in [-0.39, 0.29) is 10.6 Å². The van der Waals surface area contributed by atoms with Crippen molar-refractivity contribution in [3.8, 4) is 0 Å². The number of nitrogens with two attached hydrogens (primary N) is 1. The van der Waals surface area contributed by atoms with E-state index < -0.39 is 17.6 Å². The Hall–Kier alpha value is -2.18. The van der Waals surface area contributed by atoms with Crippen LogP contribution in [0.25, 0.3) is 6.08 Å². The quantitative estimate of drug-likeness (QED) is 0.784. The Bertz CT molecular complexity index is 856.